The van der Waals surface area contributed by atoms with Crippen LogP contribution in [0, 0.1) is 13.0 Å². The summed E-state index contributed by atoms with van der Waals surface area (Å²) in [5.74, 6) is 0. The maximum absolute atomic E-state index is 4.97. The van der Waals surface area contributed by atoms with E-state index in [9.17, 15) is 0 Å². The minimum absolute atomic E-state index is 0. The SMILES string of the molecule is CC[CH-]c1ccccc1[CH-]OC.[Y].[Y]. The zero-order valence-electron chi connectivity index (χ0n) is 8.73. The quantitative estimate of drug-likeness (QED) is 0.766. The molecule has 0 unspecified atom stereocenters. The Balaban J connectivity index is 0. The summed E-state index contributed by atoms with van der Waals surface area (Å²) in [6, 6.07) is 8.19. The molecule has 0 heterocycles. The smallest absolute Gasteiger partial charge is 0.0245 e. The van der Waals surface area contributed by atoms with Crippen LogP contribution in [0.15, 0.2) is 24.3 Å². The van der Waals surface area contributed by atoms with Crippen LogP contribution in [-0.2, 0) is 70.2 Å². The van der Waals surface area contributed by atoms with Gasteiger partial charge in [0.15, 0.2) is 0 Å². The van der Waals surface area contributed by atoms with Gasteiger partial charge in [0.25, 0.3) is 0 Å². The standard InChI is InChI=1S/C11H14O.2Y/c1-3-6-10-7-4-5-8-11(10)9-12-2;;/h4-9H,3H2,1-2H3;;/q-2;;. The summed E-state index contributed by atoms with van der Waals surface area (Å²) in [5.41, 5.74) is 2.38. The van der Waals surface area contributed by atoms with Gasteiger partial charge in [0.1, 0.15) is 0 Å². The maximum Gasteiger partial charge on any atom is 0.0245 e. The van der Waals surface area contributed by atoms with Crippen LogP contribution < -0.4 is 0 Å². The van der Waals surface area contributed by atoms with Crippen LogP contribution in [0.4, 0.5) is 0 Å². The van der Waals surface area contributed by atoms with Crippen molar-refractivity contribution in [2.75, 3.05) is 7.11 Å². The van der Waals surface area contributed by atoms with Crippen molar-refractivity contribution >= 4 is 0 Å². The van der Waals surface area contributed by atoms with Gasteiger partial charge in [-0.25, -0.2) is 18.6 Å². The molecule has 0 spiro atoms. The Bertz CT molecular complexity index is 213. The van der Waals surface area contributed by atoms with E-state index in [0.29, 0.717) is 0 Å². The summed E-state index contributed by atoms with van der Waals surface area (Å²) in [7, 11) is 1.67. The second kappa shape index (κ2) is 10.6. The van der Waals surface area contributed by atoms with E-state index < -0.39 is 0 Å². The average molecular weight is 340 g/mol. The summed E-state index contributed by atoms with van der Waals surface area (Å²) in [5, 5.41) is 0. The predicted molar refractivity (Wildman–Crippen MR) is 50.5 cm³/mol. The molecule has 0 saturated carbocycles. The zero-order chi connectivity index (χ0) is 8.81. The van der Waals surface area contributed by atoms with E-state index in [1.807, 2.05) is 18.2 Å². The molecule has 0 aliphatic carbocycles. The van der Waals surface area contributed by atoms with E-state index >= 15 is 0 Å². The maximum atomic E-state index is 4.97. The number of methoxy groups -OCH3 is 1. The Morgan fingerprint density at radius 1 is 1.14 bits per heavy atom. The van der Waals surface area contributed by atoms with Crippen LogP contribution >= 0.6 is 0 Å². The van der Waals surface area contributed by atoms with Crippen molar-refractivity contribution in [3.05, 3.63) is 48.4 Å². The summed E-state index contributed by atoms with van der Waals surface area (Å²) < 4.78 is 4.97. The first-order valence-corrected chi connectivity index (χ1v) is 4.16. The van der Waals surface area contributed by atoms with E-state index in [4.69, 9.17) is 4.74 Å². The molecule has 0 aromatic heterocycles. The second-order valence-electron chi connectivity index (χ2n) is 2.59. The first-order chi connectivity index (χ1) is 5.88. The molecular formula is C11H14OY2-2. The van der Waals surface area contributed by atoms with Gasteiger partial charge in [0, 0.05) is 72.5 Å². The van der Waals surface area contributed by atoms with Crippen molar-refractivity contribution in [1.82, 2.24) is 0 Å². The molecule has 0 N–H and O–H groups in total. The Morgan fingerprint density at radius 3 is 2.21 bits per heavy atom. The number of hydrogen-bond donors (Lipinski definition) is 0. The topological polar surface area (TPSA) is 9.23 Å². The molecule has 14 heavy (non-hydrogen) atoms. The van der Waals surface area contributed by atoms with Gasteiger partial charge in [-0.1, -0.05) is 13.3 Å². The first-order valence-electron chi connectivity index (χ1n) is 4.16. The molecule has 1 aromatic rings. The van der Waals surface area contributed by atoms with E-state index in [2.05, 4.69) is 19.4 Å². The third-order valence-corrected chi connectivity index (χ3v) is 1.66. The van der Waals surface area contributed by atoms with Crippen molar-refractivity contribution in [3.63, 3.8) is 0 Å². The fourth-order valence-electron chi connectivity index (χ4n) is 1.15. The van der Waals surface area contributed by atoms with E-state index in [-0.39, 0.29) is 65.4 Å². The van der Waals surface area contributed by atoms with Gasteiger partial charge in [0.05, 0.1) is 0 Å². The predicted octanol–water partition coefficient (Wildman–Crippen LogP) is 2.80. The van der Waals surface area contributed by atoms with Crippen LogP contribution in [0.5, 0.6) is 0 Å². The van der Waals surface area contributed by atoms with E-state index in [1.165, 1.54) is 5.56 Å². The Kier molecular flexibility index (Phi) is 13.3. The molecule has 0 fully saturated rings. The summed E-state index contributed by atoms with van der Waals surface area (Å²) in [6.45, 7) is 3.89. The normalized spacial score (nSPS) is 8.14. The fraction of sp³-hybridized carbons (Fsp3) is 0.273. The number of ether oxygens (including phenoxy) is 1. The monoisotopic (exact) mass is 340 g/mol. The van der Waals surface area contributed by atoms with Crippen molar-refractivity contribution in [1.29, 1.82) is 0 Å². The first kappa shape index (κ1) is 17.5. The van der Waals surface area contributed by atoms with E-state index in [1.54, 1.807) is 13.7 Å². The van der Waals surface area contributed by atoms with Gasteiger partial charge in [-0.05, 0) is 0 Å². The van der Waals surface area contributed by atoms with Gasteiger partial charge in [-0.2, -0.15) is 0 Å². The molecule has 2 radical (unpaired) electrons. The Morgan fingerprint density at radius 2 is 1.71 bits per heavy atom. The Labute approximate surface area is 137 Å². The fourth-order valence-corrected chi connectivity index (χ4v) is 1.15. The van der Waals surface area contributed by atoms with Crippen molar-refractivity contribution in [3.8, 4) is 0 Å². The molecule has 1 nitrogen and oxygen atoms in total. The third-order valence-electron chi connectivity index (χ3n) is 1.66. The minimum Gasteiger partial charge on any atom is -0.429 e. The zero-order valence-corrected chi connectivity index (χ0v) is 14.4. The molecule has 3 heteroatoms. The van der Waals surface area contributed by atoms with Crippen LogP contribution in [0.1, 0.15) is 24.5 Å². The molecule has 1 rings (SSSR count). The summed E-state index contributed by atoms with van der Waals surface area (Å²) in [6.07, 6.45) is 3.24. The molecule has 0 aliphatic rings. The average Bonchev–Trinajstić information content (AvgIpc) is 2.09. The number of benzene rings is 1. The molecule has 0 saturated heterocycles. The Hall–Kier alpha value is 1.13. The van der Waals surface area contributed by atoms with Crippen molar-refractivity contribution < 1.29 is 70.2 Å². The largest absolute Gasteiger partial charge is 0.429 e. The molecular weight excluding hydrogens is 326 g/mol. The third kappa shape index (κ3) is 5.88. The summed E-state index contributed by atoms with van der Waals surface area (Å²) in [4.78, 5) is 0. The minimum atomic E-state index is 0. The van der Waals surface area contributed by atoms with Crippen molar-refractivity contribution in [2.45, 2.75) is 13.3 Å². The number of rotatable bonds is 4. The molecule has 0 atom stereocenters. The van der Waals surface area contributed by atoms with Crippen LogP contribution in [-0.4, -0.2) is 7.11 Å². The van der Waals surface area contributed by atoms with Crippen molar-refractivity contribution in [2.24, 2.45) is 0 Å². The molecule has 0 bridgehead atoms. The molecule has 0 amide bonds. The van der Waals surface area contributed by atoms with Gasteiger partial charge in [-0.15, -0.1) is 18.7 Å². The van der Waals surface area contributed by atoms with Gasteiger partial charge in [0.2, 0.25) is 0 Å². The van der Waals surface area contributed by atoms with Gasteiger partial charge >= 0.3 is 0 Å². The molecule has 0 aliphatic heterocycles. The van der Waals surface area contributed by atoms with Crippen LogP contribution in [0.25, 0.3) is 0 Å². The van der Waals surface area contributed by atoms with Crippen LogP contribution in [0.3, 0.4) is 0 Å². The number of hydrogen-bond acceptors (Lipinski definition) is 1. The van der Waals surface area contributed by atoms with E-state index in [0.717, 1.165) is 12.0 Å². The van der Waals surface area contributed by atoms with Gasteiger partial charge < -0.3 is 4.74 Å². The summed E-state index contributed by atoms with van der Waals surface area (Å²) >= 11 is 0. The molecule has 72 valence electrons. The molecule has 1 aromatic carbocycles. The van der Waals surface area contributed by atoms with Gasteiger partial charge in [-0.3, -0.25) is 11.1 Å². The van der Waals surface area contributed by atoms with Crippen LogP contribution in [0.2, 0.25) is 0 Å². The second-order valence-corrected chi connectivity index (χ2v) is 2.59.